The molecule has 3 rings (SSSR count). The zero-order valence-corrected chi connectivity index (χ0v) is 9.34. The molecule has 0 saturated heterocycles. The van der Waals surface area contributed by atoms with Crippen molar-refractivity contribution in [2.24, 2.45) is 0 Å². The van der Waals surface area contributed by atoms with E-state index >= 15 is 0 Å². The number of aromatic amines is 1. The van der Waals surface area contributed by atoms with E-state index in [-0.39, 0.29) is 0 Å². The Morgan fingerprint density at radius 1 is 1.36 bits per heavy atom. The monoisotopic (exact) mass is 250 g/mol. The molecule has 0 radical (unpaired) electrons. The van der Waals surface area contributed by atoms with Gasteiger partial charge in [0.25, 0.3) is 0 Å². The first-order chi connectivity index (χ1) is 6.84. The number of benzene rings is 1. The normalized spacial score (nSPS) is 17.2. The Morgan fingerprint density at radius 2 is 2.21 bits per heavy atom. The minimum atomic E-state index is 0.693. The molecule has 1 aromatic carbocycles. The molecule has 72 valence electrons. The number of nitrogens with zero attached hydrogens (tertiary/aromatic N) is 1. The average Bonchev–Trinajstić information content (AvgIpc) is 2.46. The SMILES string of the molecule is Brc1ccc2[nH]nc(C3CCC3)c2c1. The topological polar surface area (TPSA) is 28.7 Å². The Hall–Kier alpha value is -0.830. The Bertz CT molecular complexity index is 471. The van der Waals surface area contributed by atoms with Crippen molar-refractivity contribution in [1.82, 2.24) is 10.2 Å². The second-order valence-corrected chi connectivity index (χ2v) is 4.84. The molecule has 0 bridgehead atoms. The van der Waals surface area contributed by atoms with Crippen LogP contribution in [0.25, 0.3) is 10.9 Å². The fourth-order valence-corrected chi connectivity index (χ4v) is 2.36. The molecule has 0 spiro atoms. The molecule has 14 heavy (non-hydrogen) atoms. The van der Waals surface area contributed by atoms with E-state index in [4.69, 9.17) is 0 Å². The highest BCUT2D eigenvalue weighted by atomic mass is 79.9. The smallest absolute Gasteiger partial charge is 0.0732 e. The van der Waals surface area contributed by atoms with Crippen LogP contribution in [0.4, 0.5) is 0 Å². The molecular weight excluding hydrogens is 240 g/mol. The molecule has 0 amide bonds. The van der Waals surface area contributed by atoms with Gasteiger partial charge in [-0.1, -0.05) is 22.4 Å². The van der Waals surface area contributed by atoms with Crippen LogP contribution in [0.1, 0.15) is 30.9 Å². The predicted octanol–water partition coefficient (Wildman–Crippen LogP) is 3.59. The van der Waals surface area contributed by atoms with Gasteiger partial charge in [0.1, 0.15) is 0 Å². The van der Waals surface area contributed by atoms with Crippen molar-refractivity contribution in [2.75, 3.05) is 0 Å². The summed E-state index contributed by atoms with van der Waals surface area (Å²) in [6.07, 6.45) is 3.95. The molecule has 1 saturated carbocycles. The van der Waals surface area contributed by atoms with Crippen molar-refractivity contribution in [2.45, 2.75) is 25.2 Å². The van der Waals surface area contributed by atoms with Crippen molar-refractivity contribution in [3.63, 3.8) is 0 Å². The number of aromatic nitrogens is 2. The maximum atomic E-state index is 4.41. The molecule has 3 heteroatoms. The number of nitrogens with one attached hydrogen (secondary N) is 1. The predicted molar refractivity (Wildman–Crippen MR) is 60.4 cm³/mol. The van der Waals surface area contributed by atoms with Crippen molar-refractivity contribution in [3.8, 4) is 0 Å². The van der Waals surface area contributed by atoms with Crippen LogP contribution < -0.4 is 0 Å². The average molecular weight is 251 g/mol. The summed E-state index contributed by atoms with van der Waals surface area (Å²) in [5.74, 6) is 0.693. The van der Waals surface area contributed by atoms with E-state index in [1.807, 2.05) is 6.07 Å². The van der Waals surface area contributed by atoms with Crippen molar-refractivity contribution in [3.05, 3.63) is 28.4 Å². The van der Waals surface area contributed by atoms with E-state index in [0.717, 1.165) is 9.99 Å². The summed E-state index contributed by atoms with van der Waals surface area (Å²) >= 11 is 3.50. The summed E-state index contributed by atoms with van der Waals surface area (Å²) in [7, 11) is 0. The molecule has 0 aliphatic heterocycles. The van der Waals surface area contributed by atoms with Crippen LogP contribution in [0, 0.1) is 0 Å². The van der Waals surface area contributed by atoms with Gasteiger partial charge in [-0.25, -0.2) is 0 Å². The van der Waals surface area contributed by atoms with Crippen LogP contribution in [0.15, 0.2) is 22.7 Å². The lowest BCUT2D eigenvalue weighted by Crippen LogP contribution is -2.09. The first-order valence-electron chi connectivity index (χ1n) is 4.98. The van der Waals surface area contributed by atoms with E-state index in [0.29, 0.717) is 5.92 Å². The number of H-pyrrole nitrogens is 1. The van der Waals surface area contributed by atoms with Gasteiger partial charge < -0.3 is 0 Å². The van der Waals surface area contributed by atoms with Gasteiger partial charge in [-0.15, -0.1) is 0 Å². The second-order valence-electron chi connectivity index (χ2n) is 3.93. The molecule has 2 aromatic rings. The molecule has 1 aliphatic rings. The summed E-state index contributed by atoms with van der Waals surface area (Å²) in [4.78, 5) is 0. The fraction of sp³-hybridized carbons (Fsp3) is 0.364. The third kappa shape index (κ3) is 1.19. The van der Waals surface area contributed by atoms with Gasteiger partial charge in [0.15, 0.2) is 0 Å². The van der Waals surface area contributed by atoms with Crippen LogP contribution in [-0.4, -0.2) is 10.2 Å². The van der Waals surface area contributed by atoms with Gasteiger partial charge >= 0.3 is 0 Å². The Morgan fingerprint density at radius 3 is 2.93 bits per heavy atom. The van der Waals surface area contributed by atoms with Gasteiger partial charge in [-0.3, -0.25) is 5.10 Å². The minimum Gasteiger partial charge on any atom is -0.278 e. The van der Waals surface area contributed by atoms with Gasteiger partial charge in [0.05, 0.1) is 11.2 Å². The van der Waals surface area contributed by atoms with E-state index in [9.17, 15) is 0 Å². The minimum absolute atomic E-state index is 0.693. The van der Waals surface area contributed by atoms with Gasteiger partial charge in [0.2, 0.25) is 0 Å². The van der Waals surface area contributed by atoms with Crippen molar-refractivity contribution >= 4 is 26.8 Å². The highest BCUT2D eigenvalue weighted by Gasteiger charge is 2.23. The van der Waals surface area contributed by atoms with Gasteiger partial charge in [-0.2, -0.15) is 5.10 Å². The van der Waals surface area contributed by atoms with Crippen molar-refractivity contribution in [1.29, 1.82) is 0 Å². The van der Waals surface area contributed by atoms with E-state index < -0.39 is 0 Å². The maximum absolute atomic E-state index is 4.41. The van der Waals surface area contributed by atoms with Crippen LogP contribution in [-0.2, 0) is 0 Å². The molecule has 1 aliphatic carbocycles. The maximum Gasteiger partial charge on any atom is 0.0732 e. The fourth-order valence-electron chi connectivity index (χ4n) is 2.00. The number of halogens is 1. The zero-order chi connectivity index (χ0) is 9.54. The van der Waals surface area contributed by atoms with E-state index in [2.05, 4.69) is 38.3 Å². The quantitative estimate of drug-likeness (QED) is 0.824. The molecule has 0 unspecified atom stereocenters. The van der Waals surface area contributed by atoms with Crippen LogP contribution >= 0.6 is 15.9 Å². The standard InChI is InChI=1S/C11H11BrN2/c12-8-4-5-10-9(6-8)11(14-13-10)7-2-1-3-7/h4-7H,1-3H2,(H,13,14). The summed E-state index contributed by atoms with van der Waals surface area (Å²) in [5, 5.41) is 8.79. The molecule has 1 heterocycles. The summed E-state index contributed by atoms with van der Waals surface area (Å²) < 4.78 is 1.13. The first kappa shape index (κ1) is 8.48. The van der Waals surface area contributed by atoms with Crippen molar-refractivity contribution < 1.29 is 0 Å². The second kappa shape index (κ2) is 3.09. The van der Waals surface area contributed by atoms with Gasteiger partial charge in [0, 0.05) is 15.8 Å². The molecule has 1 N–H and O–H groups in total. The highest BCUT2D eigenvalue weighted by molar-refractivity contribution is 9.10. The lowest BCUT2D eigenvalue weighted by atomic mass is 9.82. The van der Waals surface area contributed by atoms with Gasteiger partial charge in [-0.05, 0) is 31.0 Å². The third-order valence-electron chi connectivity index (χ3n) is 3.05. The number of fused-ring (bicyclic) bond motifs is 1. The first-order valence-corrected chi connectivity index (χ1v) is 5.77. The zero-order valence-electron chi connectivity index (χ0n) is 7.76. The summed E-state index contributed by atoms with van der Waals surface area (Å²) in [6.45, 7) is 0. The van der Waals surface area contributed by atoms with E-state index in [1.165, 1.54) is 30.3 Å². The molecular formula is C11H11BrN2. The highest BCUT2D eigenvalue weighted by Crippen LogP contribution is 2.38. The molecule has 0 atom stereocenters. The Balaban J connectivity index is 2.18. The Labute approximate surface area is 90.8 Å². The number of hydrogen-bond acceptors (Lipinski definition) is 1. The summed E-state index contributed by atoms with van der Waals surface area (Å²) in [6, 6.07) is 6.28. The summed E-state index contributed by atoms with van der Waals surface area (Å²) in [5.41, 5.74) is 2.41. The van der Waals surface area contributed by atoms with Crippen LogP contribution in [0.3, 0.4) is 0 Å². The molecule has 1 aromatic heterocycles. The lowest BCUT2D eigenvalue weighted by Gasteiger charge is -2.23. The largest absolute Gasteiger partial charge is 0.278 e. The third-order valence-corrected chi connectivity index (χ3v) is 3.54. The van der Waals surface area contributed by atoms with Crippen LogP contribution in [0.2, 0.25) is 0 Å². The van der Waals surface area contributed by atoms with Crippen LogP contribution in [0.5, 0.6) is 0 Å². The van der Waals surface area contributed by atoms with E-state index in [1.54, 1.807) is 0 Å². The number of hydrogen-bond donors (Lipinski definition) is 1. The molecule has 1 fully saturated rings. The lowest BCUT2D eigenvalue weighted by molar-refractivity contribution is 0.413. The number of rotatable bonds is 1. The molecule has 2 nitrogen and oxygen atoms in total. The Kier molecular flexibility index (Phi) is 1.87.